The van der Waals surface area contributed by atoms with Crippen LogP contribution in [-0.4, -0.2) is 52.5 Å². The zero-order chi connectivity index (χ0) is 20.8. The van der Waals surface area contributed by atoms with Gasteiger partial charge in [-0.2, -0.15) is 0 Å². The van der Waals surface area contributed by atoms with Crippen LogP contribution in [0.4, 0.5) is 0 Å². The molecule has 1 aromatic heterocycles. The molecule has 0 radical (unpaired) electrons. The first-order chi connectivity index (χ1) is 14.1. The molecule has 2 heterocycles. The van der Waals surface area contributed by atoms with Crippen LogP contribution in [0.3, 0.4) is 0 Å². The third-order valence-electron chi connectivity index (χ3n) is 6.46. The minimum absolute atomic E-state index is 0.431. The number of aromatic nitrogens is 2. The molecule has 0 saturated carbocycles. The lowest BCUT2D eigenvalue weighted by molar-refractivity contribution is 0.0941. The predicted octanol–water partition coefficient (Wildman–Crippen LogP) is 5.06. The van der Waals surface area contributed by atoms with Crippen molar-refractivity contribution in [1.82, 2.24) is 19.8 Å². The predicted molar refractivity (Wildman–Crippen MR) is 122 cm³/mol. The molecule has 1 aromatic carbocycles. The van der Waals surface area contributed by atoms with Crippen molar-refractivity contribution >= 4 is 0 Å². The van der Waals surface area contributed by atoms with Crippen LogP contribution in [0, 0.1) is 6.92 Å². The highest BCUT2D eigenvalue weighted by Gasteiger charge is 2.26. The Bertz CT molecular complexity index is 771. The molecule has 1 aliphatic heterocycles. The molecular weight excluding hydrogens is 356 g/mol. The van der Waals surface area contributed by atoms with Crippen LogP contribution in [0.1, 0.15) is 69.0 Å². The van der Waals surface area contributed by atoms with E-state index in [1.54, 1.807) is 0 Å². The topological polar surface area (TPSA) is 32.3 Å². The normalized spacial score (nSPS) is 16.9. The Morgan fingerprint density at radius 1 is 0.966 bits per heavy atom. The highest BCUT2D eigenvalue weighted by Crippen LogP contribution is 2.31. The van der Waals surface area contributed by atoms with E-state index >= 15 is 0 Å². The second-order valence-electron chi connectivity index (χ2n) is 8.17. The van der Waals surface area contributed by atoms with Gasteiger partial charge in [0, 0.05) is 55.2 Å². The number of likely N-dealkylation sites (N-methyl/N-ethyl adjacent to an activating group) is 1. The summed E-state index contributed by atoms with van der Waals surface area (Å²) in [6, 6.07) is 7.03. The van der Waals surface area contributed by atoms with Gasteiger partial charge >= 0.3 is 0 Å². The molecule has 4 nitrogen and oxygen atoms in total. The molecule has 1 saturated heterocycles. The van der Waals surface area contributed by atoms with Crippen molar-refractivity contribution in [2.75, 3.05) is 32.7 Å². The lowest BCUT2D eigenvalue weighted by Gasteiger charge is -2.39. The van der Waals surface area contributed by atoms with Crippen LogP contribution < -0.4 is 0 Å². The van der Waals surface area contributed by atoms with E-state index in [-0.39, 0.29) is 0 Å². The minimum Gasteiger partial charge on any atom is -0.301 e. The number of piperazine rings is 1. The van der Waals surface area contributed by atoms with E-state index in [4.69, 9.17) is 9.97 Å². The lowest BCUT2D eigenvalue weighted by Crippen LogP contribution is -2.47. The zero-order valence-electron chi connectivity index (χ0n) is 19.0. The molecule has 0 N–H and O–H groups in total. The fraction of sp³-hybridized carbons (Fsp3) is 0.600. The Hall–Kier alpha value is -1.78. The summed E-state index contributed by atoms with van der Waals surface area (Å²) in [5.41, 5.74) is 6.39. The summed E-state index contributed by atoms with van der Waals surface area (Å²) >= 11 is 0. The second-order valence-corrected chi connectivity index (χ2v) is 8.17. The highest BCUT2D eigenvalue weighted by molar-refractivity contribution is 5.65. The summed E-state index contributed by atoms with van der Waals surface area (Å²) in [4.78, 5) is 15.1. The second kappa shape index (κ2) is 10.3. The molecule has 0 aliphatic carbocycles. The third kappa shape index (κ3) is 4.87. The molecule has 1 atom stereocenters. The van der Waals surface area contributed by atoms with Crippen LogP contribution in [0.25, 0.3) is 11.4 Å². The average Bonchev–Trinajstić information content (AvgIpc) is 2.77. The molecule has 29 heavy (non-hydrogen) atoms. The standard InChI is InChI=1S/C25H38N4/c1-6-11-23(29-16-14-28(9-4)15-17-29)22-18-26-25(27-19(22)5)24-20(7-2)12-10-13-21(24)8-3/h10,12-13,18,23H,6-9,11,14-17H2,1-5H3. The number of hydrogen-bond donors (Lipinski definition) is 0. The first-order valence-electron chi connectivity index (χ1n) is 11.5. The van der Waals surface area contributed by atoms with Crippen LogP contribution >= 0.6 is 0 Å². The highest BCUT2D eigenvalue weighted by atomic mass is 15.3. The van der Waals surface area contributed by atoms with Gasteiger partial charge in [-0.1, -0.05) is 52.3 Å². The van der Waals surface area contributed by atoms with E-state index in [1.165, 1.54) is 48.2 Å². The summed E-state index contributed by atoms with van der Waals surface area (Å²) in [7, 11) is 0. The summed E-state index contributed by atoms with van der Waals surface area (Å²) < 4.78 is 0. The van der Waals surface area contributed by atoms with Gasteiger partial charge in [0.15, 0.2) is 5.82 Å². The Kier molecular flexibility index (Phi) is 7.79. The maximum absolute atomic E-state index is 5.04. The fourth-order valence-corrected chi connectivity index (χ4v) is 4.65. The summed E-state index contributed by atoms with van der Waals surface area (Å²) in [5, 5.41) is 0. The number of hydrogen-bond acceptors (Lipinski definition) is 4. The summed E-state index contributed by atoms with van der Waals surface area (Å²) in [6.07, 6.45) is 6.48. The molecule has 2 aromatic rings. The van der Waals surface area contributed by atoms with Crippen molar-refractivity contribution in [2.45, 2.75) is 66.3 Å². The molecule has 0 bridgehead atoms. The maximum atomic E-state index is 5.04. The zero-order valence-corrected chi connectivity index (χ0v) is 19.0. The van der Waals surface area contributed by atoms with Gasteiger partial charge in [0.1, 0.15) is 0 Å². The van der Waals surface area contributed by atoms with Crippen molar-refractivity contribution in [3.05, 3.63) is 46.8 Å². The van der Waals surface area contributed by atoms with Crippen molar-refractivity contribution < 1.29 is 0 Å². The van der Waals surface area contributed by atoms with E-state index in [9.17, 15) is 0 Å². The SMILES string of the molecule is CCCC(c1cnc(-c2c(CC)cccc2CC)nc1C)N1CCN(CC)CC1. The van der Waals surface area contributed by atoms with Crippen LogP contribution in [0.15, 0.2) is 24.4 Å². The molecule has 1 unspecified atom stereocenters. The van der Waals surface area contributed by atoms with E-state index < -0.39 is 0 Å². The molecule has 0 amide bonds. The van der Waals surface area contributed by atoms with Gasteiger partial charge in [0.05, 0.1) is 0 Å². The maximum Gasteiger partial charge on any atom is 0.159 e. The van der Waals surface area contributed by atoms with Crippen molar-refractivity contribution in [3.8, 4) is 11.4 Å². The molecule has 158 valence electrons. The smallest absolute Gasteiger partial charge is 0.159 e. The first-order valence-corrected chi connectivity index (χ1v) is 11.5. The van der Waals surface area contributed by atoms with Gasteiger partial charge in [-0.05, 0) is 43.9 Å². The minimum atomic E-state index is 0.431. The van der Waals surface area contributed by atoms with Crippen molar-refractivity contribution in [2.24, 2.45) is 0 Å². The molecular formula is C25H38N4. The van der Waals surface area contributed by atoms with Crippen molar-refractivity contribution in [1.29, 1.82) is 0 Å². The van der Waals surface area contributed by atoms with E-state index in [2.05, 4.69) is 68.8 Å². The molecule has 4 heteroatoms. The lowest BCUT2D eigenvalue weighted by atomic mass is 9.96. The Labute approximate surface area is 177 Å². The van der Waals surface area contributed by atoms with Gasteiger partial charge in [0.2, 0.25) is 0 Å². The van der Waals surface area contributed by atoms with Crippen LogP contribution in [0.2, 0.25) is 0 Å². The first kappa shape index (κ1) is 21.9. The van der Waals surface area contributed by atoms with Gasteiger partial charge in [0.25, 0.3) is 0 Å². The number of nitrogens with zero attached hydrogens (tertiary/aromatic N) is 4. The van der Waals surface area contributed by atoms with Crippen LogP contribution in [0.5, 0.6) is 0 Å². The Balaban J connectivity index is 1.92. The van der Waals surface area contributed by atoms with Gasteiger partial charge in [-0.3, -0.25) is 4.90 Å². The van der Waals surface area contributed by atoms with Gasteiger partial charge in [-0.15, -0.1) is 0 Å². The van der Waals surface area contributed by atoms with Gasteiger partial charge < -0.3 is 4.90 Å². The van der Waals surface area contributed by atoms with E-state index in [1.807, 2.05) is 0 Å². The Morgan fingerprint density at radius 3 is 2.14 bits per heavy atom. The number of benzene rings is 1. The summed E-state index contributed by atoms with van der Waals surface area (Å²) in [5.74, 6) is 0.895. The van der Waals surface area contributed by atoms with Crippen LogP contribution in [-0.2, 0) is 12.8 Å². The monoisotopic (exact) mass is 394 g/mol. The molecule has 1 aliphatic rings. The number of aryl methyl sites for hydroxylation is 3. The largest absolute Gasteiger partial charge is 0.301 e. The van der Waals surface area contributed by atoms with Crippen molar-refractivity contribution in [3.63, 3.8) is 0 Å². The summed E-state index contributed by atoms with van der Waals surface area (Å²) in [6.45, 7) is 16.9. The van der Waals surface area contributed by atoms with Gasteiger partial charge in [-0.25, -0.2) is 9.97 Å². The number of rotatable bonds is 8. The quantitative estimate of drug-likeness (QED) is 0.627. The molecule has 1 fully saturated rings. The Morgan fingerprint density at radius 2 is 1.62 bits per heavy atom. The van der Waals surface area contributed by atoms with E-state index in [0.717, 1.165) is 44.0 Å². The molecule has 3 rings (SSSR count). The average molecular weight is 395 g/mol. The fourth-order valence-electron chi connectivity index (χ4n) is 4.65. The molecule has 0 spiro atoms. The van der Waals surface area contributed by atoms with E-state index in [0.29, 0.717) is 6.04 Å². The third-order valence-corrected chi connectivity index (χ3v) is 6.46.